The van der Waals surface area contributed by atoms with E-state index in [0.717, 1.165) is 6.07 Å². The van der Waals surface area contributed by atoms with Crippen molar-refractivity contribution >= 4 is 27.5 Å². The molecule has 0 bridgehead atoms. The van der Waals surface area contributed by atoms with E-state index in [1.54, 1.807) is 0 Å². The fraction of sp³-hybridized carbons (Fsp3) is 0.143. The van der Waals surface area contributed by atoms with Crippen molar-refractivity contribution in [2.75, 3.05) is 0 Å². The van der Waals surface area contributed by atoms with Crippen LogP contribution in [0.5, 0.6) is 0 Å². The van der Waals surface area contributed by atoms with Gasteiger partial charge in [0.05, 0.1) is 9.50 Å². The summed E-state index contributed by atoms with van der Waals surface area (Å²) >= 11 is 8.24. The van der Waals surface area contributed by atoms with E-state index in [-0.39, 0.29) is 15.1 Å². The third-order valence-electron chi connectivity index (χ3n) is 1.28. The minimum absolute atomic E-state index is 0.0257. The van der Waals surface area contributed by atoms with Crippen LogP contribution in [0.2, 0.25) is 5.02 Å². The van der Waals surface area contributed by atoms with Crippen molar-refractivity contribution in [3.8, 4) is 0 Å². The van der Waals surface area contributed by atoms with Crippen LogP contribution in [0.3, 0.4) is 0 Å². The molecule has 0 aromatic heterocycles. The molecular formula is C7H4BrClF2. The average Bonchev–Trinajstić information content (AvgIpc) is 1.97. The van der Waals surface area contributed by atoms with Gasteiger partial charge in [-0.15, -0.1) is 0 Å². The molecule has 0 spiro atoms. The largest absolute Gasteiger partial charge is 0.206 e. The highest BCUT2D eigenvalue weighted by molar-refractivity contribution is 9.10. The lowest BCUT2D eigenvalue weighted by atomic mass is 10.2. The Morgan fingerprint density at radius 3 is 2.55 bits per heavy atom. The molecule has 0 saturated carbocycles. The van der Waals surface area contributed by atoms with Crippen LogP contribution in [0.25, 0.3) is 0 Å². The van der Waals surface area contributed by atoms with Gasteiger partial charge in [-0.05, 0) is 34.5 Å². The van der Waals surface area contributed by atoms with E-state index in [2.05, 4.69) is 15.9 Å². The second kappa shape index (κ2) is 3.07. The number of benzene rings is 1. The van der Waals surface area contributed by atoms with Crippen LogP contribution < -0.4 is 0 Å². The molecule has 0 radical (unpaired) electrons. The van der Waals surface area contributed by atoms with Gasteiger partial charge in [0, 0.05) is 0 Å². The lowest BCUT2D eigenvalue weighted by molar-refractivity contribution is 0.587. The van der Waals surface area contributed by atoms with E-state index < -0.39 is 11.6 Å². The molecule has 0 aliphatic heterocycles. The van der Waals surface area contributed by atoms with Crippen molar-refractivity contribution in [2.24, 2.45) is 0 Å². The summed E-state index contributed by atoms with van der Waals surface area (Å²) in [6, 6.07) is 1.09. The topological polar surface area (TPSA) is 0 Å². The van der Waals surface area contributed by atoms with E-state index in [1.165, 1.54) is 6.92 Å². The van der Waals surface area contributed by atoms with E-state index in [0.29, 0.717) is 0 Å². The first-order valence-electron chi connectivity index (χ1n) is 2.83. The first-order valence-corrected chi connectivity index (χ1v) is 4.00. The van der Waals surface area contributed by atoms with Crippen LogP contribution in [0, 0.1) is 18.6 Å². The van der Waals surface area contributed by atoms with Crippen LogP contribution >= 0.6 is 27.5 Å². The first kappa shape index (κ1) is 8.94. The second-order valence-electron chi connectivity index (χ2n) is 2.12. The fourth-order valence-corrected chi connectivity index (χ4v) is 1.22. The molecule has 0 amide bonds. The standard InChI is InChI=1S/C7H4BrClF2/c1-3-2-4(10)5(8)6(9)7(3)11/h2H,1H3. The molecule has 60 valence electrons. The zero-order valence-corrected chi connectivity index (χ0v) is 7.93. The van der Waals surface area contributed by atoms with Gasteiger partial charge in [0.25, 0.3) is 0 Å². The number of aryl methyl sites for hydroxylation is 1. The van der Waals surface area contributed by atoms with Crippen molar-refractivity contribution in [3.63, 3.8) is 0 Å². The SMILES string of the molecule is Cc1cc(F)c(Br)c(Cl)c1F. The summed E-state index contributed by atoms with van der Waals surface area (Å²) in [5.74, 6) is -1.13. The Kier molecular flexibility index (Phi) is 2.50. The molecule has 0 saturated heterocycles. The van der Waals surface area contributed by atoms with Crippen molar-refractivity contribution in [3.05, 3.63) is 32.8 Å². The van der Waals surface area contributed by atoms with Crippen molar-refractivity contribution in [2.45, 2.75) is 6.92 Å². The number of hydrogen-bond acceptors (Lipinski definition) is 0. The number of hydrogen-bond donors (Lipinski definition) is 0. The molecule has 0 aliphatic carbocycles. The Morgan fingerprint density at radius 2 is 2.00 bits per heavy atom. The van der Waals surface area contributed by atoms with Gasteiger partial charge in [-0.2, -0.15) is 0 Å². The molecule has 1 aromatic rings. The van der Waals surface area contributed by atoms with E-state index in [9.17, 15) is 8.78 Å². The molecule has 0 N–H and O–H groups in total. The smallest absolute Gasteiger partial charge is 0.146 e. The van der Waals surface area contributed by atoms with Crippen molar-refractivity contribution in [1.82, 2.24) is 0 Å². The van der Waals surface area contributed by atoms with E-state index >= 15 is 0 Å². The highest BCUT2D eigenvalue weighted by atomic mass is 79.9. The molecule has 0 atom stereocenters. The monoisotopic (exact) mass is 240 g/mol. The molecule has 0 aliphatic rings. The van der Waals surface area contributed by atoms with Crippen LogP contribution in [-0.2, 0) is 0 Å². The summed E-state index contributed by atoms with van der Waals surface area (Å²) in [4.78, 5) is 0. The predicted molar refractivity (Wildman–Crippen MR) is 43.8 cm³/mol. The quantitative estimate of drug-likeness (QED) is 0.480. The Balaban J connectivity index is 3.46. The Morgan fingerprint density at radius 1 is 1.45 bits per heavy atom. The zero-order chi connectivity index (χ0) is 8.59. The lowest BCUT2D eigenvalue weighted by Crippen LogP contribution is -1.88. The number of rotatable bonds is 0. The van der Waals surface area contributed by atoms with Gasteiger partial charge in [0.2, 0.25) is 0 Å². The van der Waals surface area contributed by atoms with Gasteiger partial charge in [-0.3, -0.25) is 0 Å². The molecule has 11 heavy (non-hydrogen) atoms. The molecule has 0 unspecified atom stereocenters. The maximum absolute atomic E-state index is 12.8. The molecular weight excluding hydrogens is 237 g/mol. The molecule has 0 fully saturated rings. The fourth-order valence-electron chi connectivity index (χ4n) is 0.691. The summed E-state index contributed by atoms with van der Waals surface area (Å²) in [6.07, 6.45) is 0. The van der Waals surface area contributed by atoms with Crippen LogP contribution in [0.15, 0.2) is 10.5 Å². The molecule has 4 heteroatoms. The Hall–Kier alpha value is -0.150. The summed E-state index contributed by atoms with van der Waals surface area (Å²) < 4.78 is 25.5. The van der Waals surface area contributed by atoms with Gasteiger partial charge in [0.1, 0.15) is 11.6 Å². The summed E-state index contributed by atoms with van der Waals surface area (Å²) in [5, 5.41) is -0.206. The molecule has 0 nitrogen and oxygen atoms in total. The van der Waals surface area contributed by atoms with Crippen LogP contribution in [0.4, 0.5) is 8.78 Å². The van der Waals surface area contributed by atoms with E-state index in [1.807, 2.05) is 0 Å². The molecule has 0 heterocycles. The van der Waals surface area contributed by atoms with Crippen molar-refractivity contribution in [1.29, 1.82) is 0 Å². The van der Waals surface area contributed by atoms with Crippen LogP contribution in [0.1, 0.15) is 5.56 Å². The highest BCUT2D eigenvalue weighted by Crippen LogP contribution is 2.29. The van der Waals surface area contributed by atoms with Gasteiger partial charge in [-0.25, -0.2) is 8.78 Å². The van der Waals surface area contributed by atoms with Gasteiger partial charge >= 0.3 is 0 Å². The third kappa shape index (κ3) is 1.54. The minimum Gasteiger partial charge on any atom is -0.206 e. The third-order valence-corrected chi connectivity index (χ3v) is 2.64. The minimum atomic E-state index is -0.583. The lowest BCUT2D eigenvalue weighted by Gasteiger charge is -2.01. The summed E-state index contributed by atoms with van der Waals surface area (Å²) in [7, 11) is 0. The van der Waals surface area contributed by atoms with Gasteiger partial charge < -0.3 is 0 Å². The predicted octanol–water partition coefficient (Wildman–Crippen LogP) is 3.69. The number of halogens is 4. The average molecular weight is 241 g/mol. The Labute approximate surface area is 76.3 Å². The normalized spacial score (nSPS) is 10.3. The van der Waals surface area contributed by atoms with Crippen molar-refractivity contribution < 1.29 is 8.78 Å². The van der Waals surface area contributed by atoms with E-state index in [4.69, 9.17) is 11.6 Å². The second-order valence-corrected chi connectivity index (χ2v) is 3.29. The highest BCUT2D eigenvalue weighted by Gasteiger charge is 2.11. The maximum atomic E-state index is 12.8. The van der Waals surface area contributed by atoms with Gasteiger partial charge in [0.15, 0.2) is 0 Å². The summed E-state index contributed by atoms with van der Waals surface area (Å²) in [6.45, 7) is 1.46. The van der Waals surface area contributed by atoms with Gasteiger partial charge in [-0.1, -0.05) is 11.6 Å². The summed E-state index contributed by atoms with van der Waals surface area (Å²) in [5.41, 5.74) is 0.204. The molecule has 1 rings (SSSR count). The zero-order valence-electron chi connectivity index (χ0n) is 5.59. The van der Waals surface area contributed by atoms with Crippen LogP contribution in [-0.4, -0.2) is 0 Å². The Bertz CT molecular complexity index is 273. The first-order chi connectivity index (χ1) is 5.04. The maximum Gasteiger partial charge on any atom is 0.146 e. The molecule has 1 aromatic carbocycles.